The van der Waals surface area contributed by atoms with E-state index in [0.717, 1.165) is 5.56 Å². The van der Waals surface area contributed by atoms with Crippen LogP contribution in [0.2, 0.25) is 5.02 Å². The van der Waals surface area contributed by atoms with E-state index in [1.165, 1.54) is 6.08 Å². The maximum absolute atomic E-state index is 12.3. The van der Waals surface area contributed by atoms with E-state index in [0.29, 0.717) is 5.02 Å². The van der Waals surface area contributed by atoms with Gasteiger partial charge in [-0.05, 0) is 39.7 Å². The van der Waals surface area contributed by atoms with Crippen LogP contribution >= 0.6 is 27.5 Å². The molecule has 0 saturated heterocycles. The Morgan fingerprint density at radius 3 is 2.82 bits per heavy atom. The van der Waals surface area contributed by atoms with Crippen molar-refractivity contribution in [2.24, 2.45) is 0 Å². The summed E-state index contributed by atoms with van der Waals surface area (Å²) in [6.45, 7) is 0. The van der Waals surface area contributed by atoms with E-state index in [1.807, 2.05) is 0 Å². The van der Waals surface area contributed by atoms with Crippen molar-refractivity contribution < 1.29 is 4.39 Å². The largest absolute Gasteiger partial charge is 0.199 e. The molecular weight excluding hydrogens is 230 g/mol. The second-order valence-electron chi connectivity index (χ2n) is 1.99. The van der Waals surface area contributed by atoms with E-state index in [1.54, 1.807) is 24.3 Å². The Bertz CT molecular complexity index is 279. The van der Waals surface area contributed by atoms with Crippen molar-refractivity contribution in [1.29, 1.82) is 0 Å². The summed E-state index contributed by atoms with van der Waals surface area (Å²) < 4.78 is 11.9. The van der Waals surface area contributed by atoms with Gasteiger partial charge in [-0.15, -0.1) is 0 Å². The van der Waals surface area contributed by atoms with Gasteiger partial charge in [-0.3, -0.25) is 0 Å². The van der Waals surface area contributed by atoms with E-state index < -0.39 is 4.74 Å². The molecular formula is C8H5BrClF. The van der Waals surface area contributed by atoms with Crippen LogP contribution in [0.4, 0.5) is 4.39 Å². The molecule has 0 saturated carbocycles. The molecule has 0 heterocycles. The van der Waals surface area contributed by atoms with Gasteiger partial charge in [-0.2, -0.15) is 4.39 Å². The number of rotatable bonds is 1. The van der Waals surface area contributed by atoms with Gasteiger partial charge in [0.25, 0.3) is 0 Å². The van der Waals surface area contributed by atoms with Crippen molar-refractivity contribution in [2.75, 3.05) is 0 Å². The second kappa shape index (κ2) is 3.88. The molecule has 0 bridgehead atoms. The molecule has 0 aliphatic rings. The van der Waals surface area contributed by atoms with E-state index in [9.17, 15) is 4.39 Å². The molecule has 0 spiro atoms. The lowest BCUT2D eigenvalue weighted by atomic mass is 10.2. The molecule has 0 nitrogen and oxygen atoms in total. The van der Waals surface area contributed by atoms with Gasteiger partial charge in [0.1, 0.15) is 0 Å². The van der Waals surface area contributed by atoms with Gasteiger partial charge in [-0.25, -0.2) is 0 Å². The average molecular weight is 235 g/mol. The van der Waals surface area contributed by atoms with Gasteiger partial charge >= 0.3 is 0 Å². The van der Waals surface area contributed by atoms with Crippen LogP contribution in [-0.2, 0) is 0 Å². The van der Waals surface area contributed by atoms with Crippen molar-refractivity contribution in [2.45, 2.75) is 0 Å². The molecule has 0 amide bonds. The van der Waals surface area contributed by atoms with Gasteiger partial charge in [0.2, 0.25) is 0 Å². The van der Waals surface area contributed by atoms with E-state index >= 15 is 0 Å². The average Bonchev–Trinajstić information content (AvgIpc) is 1.85. The van der Waals surface area contributed by atoms with Crippen LogP contribution in [0.25, 0.3) is 6.08 Å². The zero-order valence-electron chi connectivity index (χ0n) is 5.52. The Balaban J connectivity index is 2.97. The maximum atomic E-state index is 12.3. The first-order valence-electron chi connectivity index (χ1n) is 2.97. The summed E-state index contributed by atoms with van der Waals surface area (Å²) in [6, 6.07) is 6.96. The first-order valence-corrected chi connectivity index (χ1v) is 4.14. The summed E-state index contributed by atoms with van der Waals surface area (Å²) in [5.41, 5.74) is 0.742. The van der Waals surface area contributed by atoms with Crippen LogP contribution in [0.1, 0.15) is 5.56 Å². The summed E-state index contributed by atoms with van der Waals surface area (Å²) in [4.78, 5) is 0. The predicted octanol–water partition coefficient (Wildman–Crippen LogP) is 4.00. The molecule has 58 valence electrons. The molecule has 3 heteroatoms. The Kier molecular flexibility index (Phi) is 3.09. The third-order valence-corrected chi connectivity index (χ3v) is 1.59. The standard InChI is InChI=1S/C8H5BrClF/c9-8(11)5-6-2-1-3-7(10)4-6/h1-5H/b8-5+. The highest BCUT2D eigenvalue weighted by atomic mass is 79.9. The van der Waals surface area contributed by atoms with Crippen molar-refractivity contribution in [3.63, 3.8) is 0 Å². The molecule has 0 aliphatic heterocycles. The van der Waals surface area contributed by atoms with Crippen molar-refractivity contribution in [3.8, 4) is 0 Å². The van der Waals surface area contributed by atoms with Crippen LogP contribution in [0, 0.1) is 0 Å². The normalized spacial score (nSPS) is 11.7. The topological polar surface area (TPSA) is 0 Å². The minimum absolute atomic E-state index is 0.403. The van der Waals surface area contributed by atoms with Crippen LogP contribution in [0.5, 0.6) is 0 Å². The summed E-state index contributed by atoms with van der Waals surface area (Å²) >= 11 is 8.35. The molecule has 1 aromatic rings. The first kappa shape index (κ1) is 8.75. The summed E-state index contributed by atoms with van der Waals surface area (Å²) in [7, 11) is 0. The molecule has 0 aliphatic carbocycles. The molecule has 0 atom stereocenters. The van der Waals surface area contributed by atoms with Crippen LogP contribution in [0.15, 0.2) is 29.0 Å². The molecule has 0 fully saturated rings. The van der Waals surface area contributed by atoms with Crippen LogP contribution in [-0.4, -0.2) is 0 Å². The molecule has 0 radical (unpaired) electrons. The third-order valence-electron chi connectivity index (χ3n) is 1.12. The number of benzene rings is 1. The van der Waals surface area contributed by atoms with Crippen LogP contribution < -0.4 is 0 Å². The fourth-order valence-electron chi connectivity index (χ4n) is 0.722. The van der Waals surface area contributed by atoms with Crippen LogP contribution in [0.3, 0.4) is 0 Å². The highest BCUT2D eigenvalue weighted by Crippen LogP contribution is 2.16. The highest BCUT2D eigenvalue weighted by molar-refractivity contribution is 9.11. The van der Waals surface area contributed by atoms with Crippen molar-refractivity contribution in [1.82, 2.24) is 0 Å². The smallest absolute Gasteiger partial charge is 0.166 e. The zero-order valence-corrected chi connectivity index (χ0v) is 7.86. The minimum Gasteiger partial charge on any atom is -0.199 e. The minimum atomic E-state index is -0.403. The molecule has 11 heavy (non-hydrogen) atoms. The van der Waals surface area contributed by atoms with Crippen molar-refractivity contribution in [3.05, 3.63) is 39.6 Å². The second-order valence-corrected chi connectivity index (χ2v) is 3.18. The van der Waals surface area contributed by atoms with Gasteiger partial charge in [-0.1, -0.05) is 23.7 Å². The Morgan fingerprint density at radius 2 is 2.27 bits per heavy atom. The van der Waals surface area contributed by atoms with E-state index in [-0.39, 0.29) is 0 Å². The van der Waals surface area contributed by atoms with Gasteiger partial charge in [0.05, 0.1) is 0 Å². The number of hydrogen-bond acceptors (Lipinski definition) is 0. The Hall–Kier alpha value is -0.340. The molecule has 0 N–H and O–H groups in total. The predicted molar refractivity (Wildman–Crippen MR) is 49.5 cm³/mol. The zero-order chi connectivity index (χ0) is 8.27. The van der Waals surface area contributed by atoms with Gasteiger partial charge < -0.3 is 0 Å². The van der Waals surface area contributed by atoms with Gasteiger partial charge in [0.15, 0.2) is 4.74 Å². The van der Waals surface area contributed by atoms with E-state index in [2.05, 4.69) is 15.9 Å². The molecule has 0 unspecified atom stereocenters. The molecule has 0 aromatic heterocycles. The summed E-state index contributed by atoms with van der Waals surface area (Å²) in [5, 5.41) is 0.604. The summed E-state index contributed by atoms with van der Waals surface area (Å²) in [6.07, 6.45) is 1.35. The lowest BCUT2D eigenvalue weighted by Crippen LogP contribution is -1.70. The van der Waals surface area contributed by atoms with E-state index in [4.69, 9.17) is 11.6 Å². The summed E-state index contributed by atoms with van der Waals surface area (Å²) in [5.74, 6) is 0. The fraction of sp³-hybridized carbons (Fsp3) is 0. The SMILES string of the molecule is F/C(Br)=C/c1cccc(Cl)c1. The van der Waals surface area contributed by atoms with Gasteiger partial charge in [0, 0.05) is 5.02 Å². The van der Waals surface area contributed by atoms with Crippen molar-refractivity contribution >= 4 is 33.6 Å². The molecule has 1 rings (SSSR count). The maximum Gasteiger partial charge on any atom is 0.166 e. The molecule has 1 aromatic carbocycles. The number of halogens is 3. The Morgan fingerprint density at radius 1 is 1.55 bits per heavy atom. The highest BCUT2D eigenvalue weighted by Gasteiger charge is 1.91. The third kappa shape index (κ3) is 3.04. The lowest BCUT2D eigenvalue weighted by molar-refractivity contribution is 0.712. The fourth-order valence-corrected chi connectivity index (χ4v) is 1.19. The first-order chi connectivity index (χ1) is 5.18. The number of hydrogen-bond donors (Lipinski definition) is 0. The Labute approximate surface area is 77.8 Å². The lowest BCUT2D eigenvalue weighted by Gasteiger charge is -1.92. The monoisotopic (exact) mass is 234 g/mol. The quantitative estimate of drug-likeness (QED) is 0.690.